The van der Waals surface area contributed by atoms with Crippen molar-refractivity contribution in [2.45, 2.75) is 0 Å². The highest BCUT2D eigenvalue weighted by molar-refractivity contribution is 9.10. The molecule has 82 valence electrons. The van der Waals surface area contributed by atoms with Crippen LogP contribution in [0.15, 0.2) is 46.9 Å². The Morgan fingerprint density at radius 1 is 1.12 bits per heavy atom. The number of benzene rings is 2. The van der Waals surface area contributed by atoms with E-state index in [1.807, 2.05) is 18.2 Å². The van der Waals surface area contributed by atoms with Crippen LogP contribution >= 0.6 is 15.9 Å². The molecule has 2 aromatic carbocycles. The van der Waals surface area contributed by atoms with Crippen molar-refractivity contribution in [2.24, 2.45) is 0 Å². The Balaban J connectivity index is 2.28. The fourth-order valence-electron chi connectivity index (χ4n) is 1.34. The molecule has 3 N–H and O–H groups in total. The molecule has 2 rings (SSSR count). The molecule has 0 atom stereocenters. The minimum absolute atomic E-state index is 0.286. The number of nitrogen functional groups attached to an aromatic ring is 1. The SMILES string of the molecule is Nc1ccccc1Nc1ccc(F)c(Br)c1. The van der Waals surface area contributed by atoms with Crippen LogP contribution < -0.4 is 11.1 Å². The van der Waals surface area contributed by atoms with Crippen LogP contribution in [0.1, 0.15) is 0 Å². The van der Waals surface area contributed by atoms with E-state index < -0.39 is 0 Å². The molecule has 0 aliphatic heterocycles. The van der Waals surface area contributed by atoms with Crippen molar-refractivity contribution < 1.29 is 4.39 Å². The number of halogens is 2. The van der Waals surface area contributed by atoms with Crippen LogP contribution in [0.25, 0.3) is 0 Å². The smallest absolute Gasteiger partial charge is 0.137 e. The van der Waals surface area contributed by atoms with Crippen LogP contribution in [0.3, 0.4) is 0 Å². The second-order valence-corrected chi connectivity index (χ2v) is 4.20. The van der Waals surface area contributed by atoms with Crippen LogP contribution in [0.2, 0.25) is 0 Å². The highest BCUT2D eigenvalue weighted by Crippen LogP contribution is 2.25. The number of para-hydroxylation sites is 2. The van der Waals surface area contributed by atoms with Crippen LogP contribution in [0.5, 0.6) is 0 Å². The lowest BCUT2D eigenvalue weighted by atomic mass is 10.2. The maximum atomic E-state index is 13.0. The van der Waals surface area contributed by atoms with E-state index in [2.05, 4.69) is 21.2 Å². The van der Waals surface area contributed by atoms with Crippen LogP contribution in [0.4, 0.5) is 21.5 Å². The Morgan fingerprint density at radius 2 is 1.88 bits per heavy atom. The highest BCUT2D eigenvalue weighted by Gasteiger charge is 2.02. The van der Waals surface area contributed by atoms with Crippen molar-refractivity contribution in [1.29, 1.82) is 0 Å². The van der Waals surface area contributed by atoms with Crippen molar-refractivity contribution >= 4 is 33.0 Å². The summed E-state index contributed by atoms with van der Waals surface area (Å²) >= 11 is 3.13. The zero-order valence-electron chi connectivity index (χ0n) is 8.37. The maximum absolute atomic E-state index is 13.0. The highest BCUT2D eigenvalue weighted by atomic mass is 79.9. The molecule has 0 amide bonds. The zero-order chi connectivity index (χ0) is 11.5. The molecule has 16 heavy (non-hydrogen) atoms. The molecule has 2 nitrogen and oxygen atoms in total. The second-order valence-electron chi connectivity index (χ2n) is 3.34. The van der Waals surface area contributed by atoms with Gasteiger partial charge in [-0.3, -0.25) is 0 Å². The van der Waals surface area contributed by atoms with E-state index in [1.54, 1.807) is 18.2 Å². The fraction of sp³-hybridized carbons (Fsp3) is 0. The molecule has 0 radical (unpaired) electrons. The molecule has 0 bridgehead atoms. The molecular weight excluding hydrogens is 271 g/mol. The first-order chi connectivity index (χ1) is 7.66. The molecule has 0 fully saturated rings. The summed E-state index contributed by atoms with van der Waals surface area (Å²) in [7, 11) is 0. The van der Waals surface area contributed by atoms with Crippen LogP contribution in [0, 0.1) is 5.82 Å². The van der Waals surface area contributed by atoms with Gasteiger partial charge in [-0.05, 0) is 46.3 Å². The lowest BCUT2D eigenvalue weighted by Gasteiger charge is -2.09. The lowest BCUT2D eigenvalue weighted by molar-refractivity contribution is 0.621. The molecule has 0 saturated heterocycles. The van der Waals surface area contributed by atoms with Gasteiger partial charge >= 0.3 is 0 Å². The monoisotopic (exact) mass is 280 g/mol. The largest absolute Gasteiger partial charge is 0.397 e. The molecule has 0 saturated carbocycles. The first-order valence-corrected chi connectivity index (χ1v) is 5.53. The third kappa shape index (κ3) is 2.33. The Bertz CT molecular complexity index is 514. The third-order valence-corrected chi connectivity index (χ3v) is 2.77. The Hall–Kier alpha value is -1.55. The van der Waals surface area contributed by atoms with Gasteiger partial charge in [0.25, 0.3) is 0 Å². The van der Waals surface area contributed by atoms with Crippen molar-refractivity contribution in [3.8, 4) is 0 Å². The minimum atomic E-state index is -0.286. The van der Waals surface area contributed by atoms with E-state index in [0.29, 0.717) is 10.2 Å². The Labute approximate surface area is 101 Å². The summed E-state index contributed by atoms with van der Waals surface area (Å²) < 4.78 is 13.4. The Morgan fingerprint density at radius 3 is 2.56 bits per heavy atom. The summed E-state index contributed by atoms with van der Waals surface area (Å²) in [6.45, 7) is 0. The van der Waals surface area contributed by atoms with Gasteiger partial charge in [0.15, 0.2) is 0 Å². The molecule has 0 aliphatic rings. The van der Waals surface area contributed by atoms with Crippen LogP contribution in [-0.2, 0) is 0 Å². The van der Waals surface area contributed by atoms with Gasteiger partial charge in [-0.1, -0.05) is 12.1 Å². The number of hydrogen-bond acceptors (Lipinski definition) is 2. The Kier molecular flexibility index (Phi) is 3.10. The zero-order valence-corrected chi connectivity index (χ0v) is 9.96. The predicted octanol–water partition coefficient (Wildman–Crippen LogP) is 3.91. The van der Waals surface area contributed by atoms with Gasteiger partial charge in [0.2, 0.25) is 0 Å². The first kappa shape index (κ1) is 11.0. The number of rotatable bonds is 2. The normalized spacial score (nSPS) is 10.1. The van der Waals surface area contributed by atoms with Gasteiger partial charge in [-0.2, -0.15) is 0 Å². The molecule has 4 heteroatoms. The van der Waals surface area contributed by atoms with E-state index >= 15 is 0 Å². The summed E-state index contributed by atoms with van der Waals surface area (Å²) in [5.74, 6) is -0.286. The molecule has 0 aromatic heterocycles. The molecule has 0 aliphatic carbocycles. The van der Waals surface area contributed by atoms with E-state index in [-0.39, 0.29) is 5.82 Å². The van der Waals surface area contributed by atoms with E-state index in [4.69, 9.17) is 5.73 Å². The first-order valence-electron chi connectivity index (χ1n) is 4.73. The lowest BCUT2D eigenvalue weighted by Crippen LogP contribution is -1.95. The standard InChI is InChI=1S/C12H10BrFN2/c13-9-7-8(5-6-10(9)14)16-12-4-2-1-3-11(12)15/h1-7,16H,15H2. The summed E-state index contributed by atoms with van der Waals surface area (Å²) in [5, 5.41) is 3.12. The van der Waals surface area contributed by atoms with E-state index in [9.17, 15) is 4.39 Å². The number of anilines is 3. The molecule has 0 unspecified atom stereocenters. The van der Waals surface area contributed by atoms with E-state index in [1.165, 1.54) is 6.07 Å². The average molecular weight is 281 g/mol. The minimum Gasteiger partial charge on any atom is -0.397 e. The van der Waals surface area contributed by atoms with Crippen molar-refractivity contribution in [3.05, 3.63) is 52.8 Å². The van der Waals surface area contributed by atoms with Gasteiger partial charge in [-0.25, -0.2) is 4.39 Å². The predicted molar refractivity (Wildman–Crippen MR) is 68.2 cm³/mol. The summed E-state index contributed by atoms with van der Waals surface area (Å²) in [5.41, 5.74) is 8.03. The van der Waals surface area contributed by atoms with Gasteiger partial charge < -0.3 is 11.1 Å². The van der Waals surface area contributed by atoms with Crippen molar-refractivity contribution in [2.75, 3.05) is 11.1 Å². The topological polar surface area (TPSA) is 38.0 Å². The van der Waals surface area contributed by atoms with Crippen molar-refractivity contribution in [3.63, 3.8) is 0 Å². The average Bonchev–Trinajstić information content (AvgIpc) is 2.27. The summed E-state index contributed by atoms with van der Waals surface area (Å²) in [6.07, 6.45) is 0. The second kappa shape index (κ2) is 4.53. The fourth-order valence-corrected chi connectivity index (χ4v) is 1.72. The third-order valence-electron chi connectivity index (χ3n) is 2.16. The molecule has 0 spiro atoms. The number of nitrogens with one attached hydrogen (secondary N) is 1. The van der Waals surface area contributed by atoms with Crippen LogP contribution in [-0.4, -0.2) is 0 Å². The quantitative estimate of drug-likeness (QED) is 0.819. The summed E-state index contributed by atoms with van der Waals surface area (Å²) in [6, 6.07) is 12.1. The molecule has 2 aromatic rings. The van der Waals surface area contributed by atoms with Gasteiger partial charge in [0.05, 0.1) is 15.8 Å². The van der Waals surface area contributed by atoms with Gasteiger partial charge in [0.1, 0.15) is 5.82 Å². The molecular formula is C12H10BrFN2. The number of hydrogen-bond donors (Lipinski definition) is 2. The maximum Gasteiger partial charge on any atom is 0.137 e. The molecule has 0 heterocycles. The number of nitrogens with two attached hydrogens (primary N) is 1. The van der Waals surface area contributed by atoms with E-state index in [0.717, 1.165) is 11.4 Å². The van der Waals surface area contributed by atoms with Gasteiger partial charge in [0, 0.05) is 5.69 Å². The van der Waals surface area contributed by atoms with Crippen molar-refractivity contribution in [1.82, 2.24) is 0 Å². The summed E-state index contributed by atoms with van der Waals surface area (Å²) in [4.78, 5) is 0. The van der Waals surface area contributed by atoms with Gasteiger partial charge in [-0.15, -0.1) is 0 Å².